The monoisotopic (exact) mass is 388 g/mol. The molecule has 5 heteroatoms. The van der Waals surface area contributed by atoms with E-state index in [0.29, 0.717) is 17.7 Å². The fraction of sp³-hybridized carbons (Fsp3) is 0.364. The first-order chi connectivity index (χ1) is 12.9. The zero-order valence-corrected chi connectivity index (χ0v) is 16.7. The van der Waals surface area contributed by atoms with Gasteiger partial charge < -0.3 is 9.47 Å². The van der Waals surface area contributed by atoms with Crippen LogP contribution in [0, 0.1) is 5.92 Å². The molecule has 0 bridgehead atoms. The Labute approximate surface area is 165 Å². The minimum atomic E-state index is -0.383. The molecule has 0 heterocycles. The van der Waals surface area contributed by atoms with E-state index in [2.05, 4.69) is 0 Å². The van der Waals surface area contributed by atoms with E-state index in [-0.39, 0.29) is 29.8 Å². The highest BCUT2D eigenvalue weighted by Crippen LogP contribution is 2.23. The Bertz CT molecular complexity index is 751. The van der Waals surface area contributed by atoms with Gasteiger partial charge in [-0.15, -0.1) is 11.6 Å². The molecule has 0 saturated heterocycles. The van der Waals surface area contributed by atoms with E-state index in [0.717, 1.165) is 17.5 Å². The van der Waals surface area contributed by atoms with E-state index in [9.17, 15) is 9.59 Å². The molecule has 0 aliphatic carbocycles. The molecular weight excluding hydrogens is 364 g/mol. The quantitative estimate of drug-likeness (QED) is 0.341. The summed E-state index contributed by atoms with van der Waals surface area (Å²) in [6, 6.07) is 14.4. The zero-order chi connectivity index (χ0) is 19.8. The Kier molecular flexibility index (Phi) is 7.86. The van der Waals surface area contributed by atoms with Gasteiger partial charge in [-0.1, -0.05) is 45.0 Å². The summed E-state index contributed by atoms with van der Waals surface area (Å²) in [5.74, 6) is 0.153. The normalized spacial score (nSPS) is 11.9. The Hall–Kier alpha value is -2.33. The third kappa shape index (κ3) is 6.40. The fourth-order valence-corrected chi connectivity index (χ4v) is 2.39. The number of hydrogen-bond donors (Lipinski definition) is 0. The van der Waals surface area contributed by atoms with Crippen LogP contribution in [0.3, 0.4) is 0 Å². The van der Waals surface area contributed by atoms with E-state index in [1.165, 1.54) is 0 Å². The van der Waals surface area contributed by atoms with Crippen LogP contribution in [0.1, 0.15) is 44.0 Å². The van der Waals surface area contributed by atoms with Gasteiger partial charge in [-0.05, 0) is 47.7 Å². The SMILES string of the molecule is CCCC(=O)Oc1ccc(-c2ccc(C(=O)OCC(Cl)C(C)C)cc2)cc1. The summed E-state index contributed by atoms with van der Waals surface area (Å²) in [6.45, 7) is 6.09. The molecule has 1 atom stereocenters. The van der Waals surface area contributed by atoms with Crippen molar-refractivity contribution in [2.75, 3.05) is 6.61 Å². The van der Waals surface area contributed by atoms with Gasteiger partial charge in [0.15, 0.2) is 0 Å². The third-order valence-corrected chi connectivity index (χ3v) is 4.72. The maximum absolute atomic E-state index is 12.1. The molecule has 0 aliphatic heterocycles. The second-order valence-electron chi connectivity index (χ2n) is 6.68. The summed E-state index contributed by atoms with van der Waals surface area (Å²) >= 11 is 6.11. The lowest BCUT2D eigenvalue weighted by Crippen LogP contribution is -2.18. The van der Waals surface area contributed by atoms with E-state index in [1.54, 1.807) is 24.3 Å². The topological polar surface area (TPSA) is 52.6 Å². The smallest absolute Gasteiger partial charge is 0.338 e. The fourth-order valence-electron chi connectivity index (χ4n) is 2.33. The Morgan fingerprint density at radius 1 is 0.963 bits per heavy atom. The number of esters is 2. The van der Waals surface area contributed by atoms with Gasteiger partial charge in [-0.25, -0.2) is 4.79 Å². The van der Waals surface area contributed by atoms with Gasteiger partial charge in [0, 0.05) is 6.42 Å². The maximum atomic E-state index is 12.1. The van der Waals surface area contributed by atoms with Crippen molar-refractivity contribution in [1.29, 1.82) is 0 Å². The lowest BCUT2D eigenvalue weighted by atomic mass is 10.0. The molecule has 0 N–H and O–H groups in total. The van der Waals surface area contributed by atoms with Gasteiger partial charge >= 0.3 is 11.9 Å². The van der Waals surface area contributed by atoms with Crippen LogP contribution >= 0.6 is 11.6 Å². The van der Waals surface area contributed by atoms with Crippen LogP contribution < -0.4 is 4.74 Å². The zero-order valence-electron chi connectivity index (χ0n) is 15.9. The standard InChI is InChI=1S/C22H25ClO4/c1-4-5-21(24)27-19-12-10-17(11-13-19)16-6-8-18(9-7-16)22(25)26-14-20(23)15(2)3/h6-13,15,20H,4-5,14H2,1-3H3. The molecule has 0 spiro atoms. The molecule has 0 saturated carbocycles. The second-order valence-corrected chi connectivity index (χ2v) is 7.24. The van der Waals surface area contributed by atoms with E-state index in [4.69, 9.17) is 21.1 Å². The van der Waals surface area contributed by atoms with Crippen LogP contribution in [0.15, 0.2) is 48.5 Å². The summed E-state index contributed by atoms with van der Waals surface area (Å²) in [6.07, 6.45) is 1.16. The minimum absolute atomic E-state index is 0.192. The van der Waals surface area contributed by atoms with Gasteiger partial charge in [-0.2, -0.15) is 0 Å². The lowest BCUT2D eigenvalue weighted by Gasteiger charge is -2.13. The van der Waals surface area contributed by atoms with Crippen molar-refractivity contribution in [2.24, 2.45) is 5.92 Å². The summed E-state index contributed by atoms with van der Waals surface area (Å²) in [4.78, 5) is 23.6. The van der Waals surface area contributed by atoms with Crippen molar-refractivity contribution in [1.82, 2.24) is 0 Å². The van der Waals surface area contributed by atoms with Crippen LogP contribution in [0.4, 0.5) is 0 Å². The van der Waals surface area contributed by atoms with Crippen LogP contribution in [0.2, 0.25) is 0 Å². The number of carbonyl (C=O) groups is 2. The van der Waals surface area contributed by atoms with E-state index < -0.39 is 0 Å². The van der Waals surface area contributed by atoms with Crippen LogP contribution in [0.25, 0.3) is 11.1 Å². The molecule has 0 amide bonds. The minimum Gasteiger partial charge on any atom is -0.461 e. The van der Waals surface area contributed by atoms with Crippen molar-refractivity contribution in [3.63, 3.8) is 0 Å². The molecule has 0 radical (unpaired) electrons. The number of halogens is 1. The third-order valence-electron chi connectivity index (χ3n) is 4.09. The summed E-state index contributed by atoms with van der Waals surface area (Å²) in [7, 11) is 0. The average Bonchev–Trinajstić information content (AvgIpc) is 2.66. The molecule has 4 nitrogen and oxygen atoms in total. The average molecular weight is 389 g/mol. The predicted octanol–water partition coefficient (Wildman–Crippen LogP) is 5.48. The van der Waals surface area contributed by atoms with Gasteiger partial charge in [0.2, 0.25) is 0 Å². The molecule has 0 aromatic heterocycles. The summed E-state index contributed by atoms with van der Waals surface area (Å²) < 4.78 is 10.5. The Morgan fingerprint density at radius 3 is 2.04 bits per heavy atom. The molecule has 144 valence electrons. The molecule has 27 heavy (non-hydrogen) atoms. The van der Waals surface area contributed by atoms with Crippen molar-refractivity contribution in [3.05, 3.63) is 54.1 Å². The lowest BCUT2D eigenvalue weighted by molar-refractivity contribution is -0.134. The molecule has 2 aromatic rings. The summed E-state index contributed by atoms with van der Waals surface area (Å²) in [5.41, 5.74) is 2.40. The number of carbonyl (C=O) groups excluding carboxylic acids is 2. The molecule has 0 aliphatic rings. The number of alkyl halides is 1. The molecule has 0 fully saturated rings. The van der Waals surface area contributed by atoms with E-state index >= 15 is 0 Å². The largest absolute Gasteiger partial charge is 0.461 e. The van der Waals surface area contributed by atoms with Gasteiger partial charge in [0.05, 0.1) is 10.9 Å². The first kappa shape index (κ1) is 21.0. The number of ether oxygens (including phenoxy) is 2. The highest BCUT2D eigenvalue weighted by Gasteiger charge is 2.14. The second kappa shape index (κ2) is 10.1. The van der Waals surface area contributed by atoms with Gasteiger partial charge in [0.1, 0.15) is 12.4 Å². The summed E-state index contributed by atoms with van der Waals surface area (Å²) in [5, 5.41) is -0.196. The van der Waals surface area contributed by atoms with Crippen molar-refractivity contribution < 1.29 is 19.1 Å². The molecule has 2 rings (SSSR count). The maximum Gasteiger partial charge on any atom is 0.338 e. The van der Waals surface area contributed by atoms with Crippen LogP contribution in [-0.4, -0.2) is 23.9 Å². The first-order valence-corrected chi connectivity index (χ1v) is 9.56. The highest BCUT2D eigenvalue weighted by atomic mass is 35.5. The Balaban J connectivity index is 1.98. The molecule has 1 unspecified atom stereocenters. The van der Waals surface area contributed by atoms with Crippen LogP contribution in [0.5, 0.6) is 5.75 Å². The first-order valence-electron chi connectivity index (χ1n) is 9.13. The molecule has 2 aromatic carbocycles. The predicted molar refractivity (Wildman–Crippen MR) is 107 cm³/mol. The number of hydrogen-bond acceptors (Lipinski definition) is 4. The van der Waals surface area contributed by atoms with Crippen molar-refractivity contribution in [3.8, 4) is 16.9 Å². The van der Waals surface area contributed by atoms with Gasteiger partial charge in [-0.3, -0.25) is 4.79 Å². The number of benzene rings is 2. The number of rotatable bonds is 8. The van der Waals surface area contributed by atoms with Crippen molar-refractivity contribution in [2.45, 2.75) is 39.0 Å². The van der Waals surface area contributed by atoms with Crippen molar-refractivity contribution >= 4 is 23.5 Å². The molecular formula is C22H25ClO4. The van der Waals surface area contributed by atoms with Crippen LogP contribution in [-0.2, 0) is 9.53 Å². The van der Waals surface area contributed by atoms with E-state index in [1.807, 2.05) is 45.0 Å². The highest BCUT2D eigenvalue weighted by molar-refractivity contribution is 6.21. The Morgan fingerprint density at radius 2 is 1.52 bits per heavy atom. The van der Waals surface area contributed by atoms with Gasteiger partial charge in [0.25, 0.3) is 0 Å².